The lowest BCUT2D eigenvalue weighted by Crippen LogP contribution is -2.59. The van der Waals surface area contributed by atoms with Crippen molar-refractivity contribution in [3.05, 3.63) is 0 Å². The molecule has 4 amide bonds. The van der Waals surface area contributed by atoms with Gasteiger partial charge in [-0.3, -0.25) is 19.2 Å². The van der Waals surface area contributed by atoms with E-state index >= 15 is 0 Å². The third-order valence-electron chi connectivity index (χ3n) is 5.03. The summed E-state index contributed by atoms with van der Waals surface area (Å²) in [7, 11) is 0. The number of nitrogens with one attached hydrogen (secondary N) is 3. The third kappa shape index (κ3) is 10.3. The number of thioether (sulfide) groups is 1. The normalized spacial score (nSPS) is 15.7. The predicted octanol–water partition coefficient (Wildman–Crippen LogP) is -0.817. The number of primary amides is 1. The van der Waals surface area contributed by atoms with Crippen molar-refractivity contribution in [2.75, 3.05) is 12.0 Å². The Labute approximate surface area is 193 Å². The Balaban J connectivity index is 5.43. The maximum absolute atomic E-state index is 12.9. The van der Waals surface area contributed by atoms with Crippen LogP contribution in [0.1, 0.15) is 47.0 Å². The molecule has 0 bridgehead atoms. The van der Waals surface area contributed by atoms with Crippen LogP contribution in [0.2, 0.25) is 0 Å². The molecule has 0 saturated heterocycles. The molecule has 12 heteroatoms. The monoisotopic (exact) mass is 475 g/mol. The van der Waals surface area contributed by atoms with E-state index in [1.165, 1.54) is 11.8 Å². The average molecular weight is 476 g/mol. The zero-order chi connectivity index (χ0) is 25.0. The molecule has 5 atom stereocenters. The molecule has 0 spiro atoms. The minimum atomic E-state index is -1.20. The summed E-state index contributed by atoms with van der Waals surface area (Å²) in [6.45, 7) is 6.95. The first-order valence-corrected chi connectivity index (χ1v) is 11.9. The van der Waals surface area contributed by atoms with E-state index in [-0.39, 0.29) is 24.7 Å². The van der Waals surface area contributed by atoms with Crippen LogP contribution in [0.5, 0.6) is 0 Å². The predicted molar refractivity (Wildman–Crippen MR) is 123 cm³/mol. The van der Waals surface area contributed by atoms with E-state index in [9.17, 15) is 29.1 Å². The standard InChI is InChI=1S/C20H37N5O6S/c1-6-11(4)16(20(30)31)25-19(29)15(10(2)3)24-18(28)13(7-8-32-5)23-17(27)12(21)9-14(22)26/h10-13,15-16H,6-9,21H2,1-5H3,(H2,22,26)(H,23,27)(H,24,28)(H,25,29)(H,30,31). The molecule has 0 saturated carbocycles. The van der Waals surface area contributed by atoms with Crippen molar-refractivity contribution >= 4 is 41.4 Å². The Hall–Kier alpha value is -2.34. The van der Waals surface area contributed by atoms with Crippen LogP contribution in [0.15, 0.2) is 0 Å². The molecule has 184 valence electrons. The second-order valence-electron chi connectivity index (χ2n) is 8.06. The van der Waals surface area contributed by atoms with Crippen LogP contribution in [-0.2, 0) is 24.0 Å². The second kappa shape index (κ2) is 14.7. The van der Waals surface area contributed by atoms with Crippen LogP contribution in [-0.4, -0.2) is 70.9 Å². The topological polar surface area (TPSA) is 194 Å². The highest BCUT2D eigenvalue weighted by molar-refractivity contribution is 7.98. The zero-order valence-electron chi connectivity index (χ0n) is 19.3. The maximum Gasteiger partial charge on any atom is 0.326 e. The van der Waals surface area contributed by atoms with Crippen molar-refractivity contribution in [2.24, 2.45) is 23.3 Å². The molecule has 0 aliphatic rings. The lowest BCUT2D eigenvalue weighted by molar-refractivity contribution is -0.144. The summed E-state index contributed by atoms with van der Waals surface area (Å²) in [6, 6.07) is -4.30. The fourth-order valence-electron chi connectivity index (χ4n) is 2.81. The number of nitrogens with two attached hydrogens (primary N) is 2. The van der Waals surface area contributed by atoms with Gasteiger partial charge in [-0.05, 0) is 30.3 Å². The first-order valence-electron chi connectivity index (χ1n) is 10.5. The molecule has 0 aliphatic heterocycles. The molecule has 0 rings (SSSR count). The smallest absolute Gasteiger partial charge is 0.326 e. The van der Waals surface area contributed by atoms with Crippen LogP contribution in [0.25, 0.3) is 0 Å². The summed E-state index contributed by atoms with van der Waals surface area (Å²) in [5, 5.41) is 17.0. The number of hydrogen-bond donors (Lipinski definition) is 6. The summed E-state index contributed by atoms with van der Waals surface area (Å²) in [5.41, 5.74) is 10.7. The Kier molecular flexibility index (Phi) is 13.6. The van der Waals surface area contributed by atoms with Gasteiger partial charge in [0.15, 0.2) is 0 Å². The van der Waals surface area contributed by atoms with Gasteiger partial charge in [0.2, 0.25) is 23.6 Å². The molecule has 32 heavy (non-hydrogen) atoms. The van der Waals surface area contributed by atoms with Gasteiger partial charge in [-0.2, -0.15) is 11.8 Å². The summed E-state index contributed by atoms with van der Waals surface area (Å²) in [4.78, 5) is 60.5. The molecule has 0 aromatic heterocycles. The highest BCUT2D eigenvalue weighted by atomic mass is 32.2. The van der Waals surface area contributed by atoms with Crippen molar-refractivity contribution in [2.45, 2.75) is 71.1 Å². The Morgan fingerprint density at radius 3 is 1.94 bits per heavy atom. The quantitative estimate of drug-likeness (QED) is 0.177. The molecular formula is C20H37N5O6S. The summed E-state index contributed by atoms with van der Waals surface area (Å²) < 4.78 is 0. The average Bonchev–Trinajstić information content (AvgIpc) is 2.70. The highest BCUT2D eigenvalue weighted by Gasteiger charge is 2.33. The number of carbonyl (C=O) groups is 5. The molecule has 0 radical (unpaired) electrons. The van der Waals surface area contributed by atoms with Crippen LogP contribution in [0.3, 0.4) is 0 Å². The summed E-state index contributed by atoms with van der Waals surface area (Å²) in [6.07, 6.45) is 2.27. The third-order valence-corrected chi connectivity index (χ3v) is 5.67. The van der Waals surface area contributed by atoms with Gasteiger partial charge in [0, 0.05) is 0 Å². The van der Waals surface area contributed by atoms with Crippen molar-refractivity contribution in [1.29, 1.82) is 0 Å². The fraction of sp³-hybridized carbons (Fsp3) is 0.750. The molecule has 0 fully saturated rings. The Morgan fingerprint density at radius 2 is 1.50 bits per heavy atom. The van der Waals surface area contributed by atoms with Gasteiger partial charge in [-0.1, -0.05) is 34.1 Å². The first-order chi connectivity index (χ1) is 14.8. The number of aliphatic carboxylic acids is 1. The van der Waals surface area contributed by atoms with Crippen LogP contribution in [0, 0.1) is 11.8 Å². The lowest BCUT2D eigenvalue weighted by atomic mass is 9.97. The van der Waals surface area contributed by atoms with E-state index in [4.69, 9.17) is 11.5 Å². The molecule has 5 unspecified atom stereocenters. The minimum Gasteiger partial charge on any atom is -0.480 e. The number of amides is 4. The van der Waals surface area contributed by atoms with Crippen molar-refractivity contribution < 1.29 is 29.1 Å². The van der Waals surface area contributed by atoms with Gasteiger partial charge >= 0.3 is 5.97 Å². The lowest BCUT2D eigenvalue weighted by Gasteiger charge is -2.28. The van der Waals surface area contributed by atoms with Gasteiger partial charge < -0.3 is 32.5 Å². The molecule has 0 aromatic carbocycles. The number of carboxylic acids is 1. The van der Waals surface area contributed by atoms with Crippen molar-refractivity contribution in [3.8, 4) is 0 Å². The van der Waals surface area contributed by atoms with Crippen molar-refractivity contribution in [1.82, 2.24) is 16.0 Å². The molecule has 0 heterocycles. The Morgan fingerprint density at radius 1 is 0.938 bits per heavy atom. The SMILES string of the molecule is CCC(C)C(NC(=O)C(NC(=O)C(CCSC)NC(=O)C(N)CC(N)=O)C(C)C)C(=O)O. The highest BCUT2D eigenvalue weighted by Crippen LogP contribution is 2.11. The molecule has 8 N–H and O–H groups in total. The van der Waals surface area contributed by atoms with Crippen LogP contribution < -0.4 is 27.4 Å². The van der Waals surface area contributed by atoms with Gasteiger partial charge in [-0.15, -0.1) is 0 Å². The molecule has 11 nitrogen and oxygen atoms in total. The van der Waals surface area contributed by atoms with Crippen LogP contribution in [0.4, 0.5) is 0 Å². The van der Waals surface area contributed by atoms with E-state index in [0.29, 0.717) is 12.2 Å². The van der Waals surface area contributed by atoms with Crippen LogP contribution >= 0.6 is 11.8 Å². The minimum absolute atomic E-state index is 0.263. The summed E-state index contributed by atoms with van der Waals surface area (Å²) in [5.74, 6) is -3.96. The first kappa shape index (κ1) is 29.7. The number of carbonyl (C=O) groups excluding carboxylic acids is 4. The Bertz CT molecular complexity index is 675. The van der Waals surface area contributed by atoms with Gasteiger partial charge in [0.25, 0.3) is 0 Å². The fourth-order valence-corrected chi connectivity index (χ4v) is 3.28. The number of rotatable bonds is 15. The van der Waals surface area contributed by atoms with Gasteiger partial charge in [-0.25, -0.2) is 4.79 Å². The number of carboxylic acid groups (broad SMARTS) is 1. The molecule has 0 aliphatic carbocycles. The van der Waals surface area contributed by atoms with E-state index in [0.717, 1.165) is 0 Å². The molecular weight excluding hydrogens is 438 g/mol. The van der Waals surface area contributed by atoms with E-state index < -0.39 is 53.8 Å². The second-order valence-corrected chi connectivity index (χ2v) is 9.05. The zero-order valence-corrected chi connectivity index (χ0v) is 20.2. The van der Waals surface area contributed by atoms with Crippen molar-refractivity contribution in [3.63, 3.8) is 0 Å². The van der Waals surface area contributed by atoms with Gasteiger partial charge in [0.05, 0.1) is 12.5 Å². The van der Waals surface area contributed by atoms with E-state index in [2.05, 4.69) is 16.0 Å². The van der Waals surface area contributed by atoms with Gasteiger partial charge in [0.1, 0.15) is 18.1 Å². The summed E-state index contributed by atoms with van der Waals surface area (Å²) >= 11 is 1.46. The largest absolute Gasteiger partial charge is 0.480 e. The van der Waals surface area contributed by atoms with E-state index in [1.807, 2.05) is 13.2 Å². The van der Waals surface area contributed by atoms with E-state index in [1.54, 1.807) is 20.8 Å². The molecule has 0 aromatic rings. The number of hydrogen-bond acceptors (Lipinski definition) is 7. The maximum atomic E-state index is 12.9.